The Kier molecular flexibility index (Phi) is 4.35. The maximum atomic E-state index is 13.2. The van der Waals surface area contributed by atoms with Gasteiger partial charge >= 0.3 is 0 Å². The lowest BCUT2D eigenvalue weighted by Gasteiger charge is -2.32. The highest BCUT2D eigenvalue weighted by Gasteiger charge is 2.29. The minimum atomic E-state index is -0.323. The summed E-state index contributed by atoms with van der Waals surface area (Å²) in [4.78, 5) is 12.1. The minimum Gasteiger partial charge on any atom is -0.325 e. The quantitative estimate of drug-likeness (QED) is 0.905. The van der Waals surface area contributed by atoms with E-state index in [-0.39, 0.29) is 17.1 Å². The normalized spacial score (nSPS) is 18.3. The number of rotatable bonds is 4. The molecular weight excluding hydrogens is 241 g/mol. The summed E-state index contributed by atoms with van der Waals surface area (Å²) in [7, 11) is 0. The molecule has 1 saturated carbocycles. The van der Waals surface area contributed by atoms with Gasteiger partial charge in [0.15, 0.2) is 0 Å². The van der Waals surface area contributed by atoms with Gasteiger partial charge in [0.25, 0.3) is 0 Å². The van der Waals surface area contributed by atoms with Crippen LogP contribution >= 0.6 is 0 Å². The standard InChI is InChI=1S/C16H22FNO/c1-12-5-6-14(17)9-13(12)10-15(19)11-16(18)7-3-2-4-8-16/h5-6,9H,2-4,7-8,10-11,18H2,1H3. The third-order valence-corrected chi connectivity index (χ3v) is 4.10. The molecule has 19 heavy (non-hydrogen) atoms. The molecule has 0 heterocycles. The van der Waals surface area contributed by atoms with Gasteiger partial charge in [0.1, 0.15) is 11.6 Å². The van der Waals surface area contributed by atoms with Gasteiger partial charge in [-0.3, -0.25) is 4.79 Å². The van der Waals surface area contributed by atoms with E-state index in [1.807, 2.05) is 6.92 Å². The minimum absolute atomic E-state index is 0.123. The van der Waals surface area contributed by atoms with Crippen LogP contribution in [0.25, 0.3) is 0 Å². The molecule has 0 aromatic heterocycles. The van der Waals surface area contributed by atoms with Gasteiger partial charge in [-0.25, -0.2) is 4.39 Å². The van der Waals surface area contributed by atoms with Crippen LogP contribution in [-0.2, 0) is 11.2 Å². The van der Waals surface area contributed by atoms with E-state index >= 15 is 0 Å². The molecule has 0 spiro atoms. The summed E-state index contributed by atoms with van der Waals surface area (Å²) >= 11 is 0. The zero-order chi connectivity index (χ0) is 13.9. The number of carbonyl (C=O) groups excluding carboxylic acids is 1. The number of nitrogens with two attached hydrogens (primary N) is 1. The summed E-state index contributed by atoms with van der Waals surface area (Å²) in [5.41, 5.74) is 7.71. The van der Waals surface area contributed by atoms with E-state index in [1.165, 1.54) is 18.6 Å². The van der Waals surface area contributed by atoms with Gasteiger partial charge in [0.05, 0.1) is 0 Å². The molecule has 1 aliphatic carbocycles. The molecule has 1 aromatic carbocycles. The van der Waals surface area contributed by atoms with Gasteiger partial charge in [0.2, 0.25) is 0 Å². The number of ketones is 1. The molecule has 0 unspecified atom stereocenters. The molecule has 0 saturated heterocycles. The van der Waals surface area contributed by atoms with E-state index in [4.69, 9.17) is 5.73 Å². The molecule has 0 aliphatic heterocycles. The first-order valence-electron chi connectivity index (χ1n) is 7.04. The van der Waals surface area contributed by atoms with E-state index in [0.717, 1.165) is 36.8 Å². The molecule has 104 valence electrons. The van der Waals surface area contributed by atoms with Crippen molar-refractivity contribution in [2.24, 2.45) is 5.73 Å². The highest BCUT2D eigenvalue weighted by Crippen LogP contribution is 2.29. The average Bonchev–Trinajstić information content (AvgIpc) is 2.34. The van der Waals surface area contributed by atoms with Crippen molar-refractivity contribution >= 4 is 5.78 Å². The van der Waals surface area contributed by atoms with Crippen LogP contribution in [0, 0.1) is 12.7 Å². The van der Waals surface area contributed by atoms with Crippen LogP contribution in [0.5, 0.6) is 0 Å². The Balaban J connectivity index is 1.99. The maximum Gasteiger partial charge on any atom is 0.139 e. The number of halogens is 1. The predicted molar refractivity (Wildman–Crippen MR) is 74.5 cm³/mol. The molecule has 1 aliphatic rings. The van der Waals surface area contributed by atoms with Crippen molar-refractivity contribution in [2.45, 2.75) is 57.4 Å². The van der Waals surface area contributed by atoms with E-state index in [2.05, 4.69) is 0 Å². The van der Waals surface area contributed by atoms with Gasteiger partial charge in [-0.15, -0.1) is 0 Å². The van der Waals surface area contributed by atoms with Gasteiger partial charge in [-0.2, -0.15) is 0 Å². The average molecular weight is 263 g/mol. The number of carbonyl (C=O) groups is 1. The molecule has 1 fully saturated rings. The SMILES string of the molecule is Cc1ccc(F)cc1CC(=O)CC1(N)CCCCC1. The Morgan fingerprint density at radius 1 is 1.32 bits per heavy atom. The third-order valence-electron chi connectivity index (χ3n) is 4.10. The molecule has 2 N–H and O–H groups in total. The molecule has 0 radical (unpaired) electrons. The van der Waals surface area contributed by atoms with Gasteiger partial charge < -0.3 is 5.73 Å². The lowest BCUT2D eigenvalue weighted by molar-refractivity contribution is -0.119. The molecule has 1 aromatic rings. The second kappa shape index (κ2) is 5.83. The Hall–Kier alpha value is -1.22. The fraction of sp³-hybridized carbons (Fsp3) is 0.562. The molecule has 0 atom stereocenters. The second-order valence-electron chi connectivity index (χ2n) is 5.89. The van der Waals surface area contributed by atoms with Crippen molar-refractivity contribution < 1.29 is 9.18 Å². The third kappa shape index (κ3) is 3.87. The predicted octanol–water partition coefficient (Wildman–Crippen LogP) is 3.30. The van der Waals surface area contributed by atoms with Gasteiger partial charge in [0, 0.05) is 18.4 Å². The van der Waals surface area contributed by atoms with Gasteiger partial charge in [-0.05, 0) is 43.0 Å². The van der Waals surface area contributed by atoms with Crippen molar-refractivity contribution in [3.63, 3.8) is 0 Å². The van der Waals surface area contributed by atoms with Crippen LogP contribution in [-0.4, -0.2) is 11.3 Å². The van der Waals surface area contributed by atoms with E-state index in [0.29, 0.717) is 12.8 Å². The van der Waals surface area contributed by atoms with E-state index < -0.39 is 0 Å². The summed E-state index contributed by atoms with van der Waals surface area (Å²) in [6.45, 7) is 1.90. The summed E-state index contributed by atoms with van der Waals surface area (Å²) in [5.74, 6) is -0.161. The van der Waals surface area contributed by atoms with E-state index in [1.54, 1.807) is 6.07 Å². The van der Waals surface area contributed by atoms with Crippen LogP contribution in [0.3, 0.4) is 0 Å². The Labute approximate surface area is 114 Å². The molecule has 0 amide bonds. The maximum absolute atomic E-state index is 13.2. The highest BCUT2D eigenvalue weighted by molar-refractivity contribution is 5.82. The Morgan fingerprint density at radius 3 is 2.68 bits per heavy atom. The highest BCUT2D eigenvalue weighted by atomic mass is 19.1. The van der Waals surface area contributed by atoms with Crippen LogP contribution in [0.1, 0.15) is 49.7 Å². The molecule has 2 nitrogen and oxygen atoms in total. The zero-order valence-electron chi connectivity index (χ0n) is 11.5. The Morgan fingerprint density at radius 2 is 2.00 bits per heavy atom. The molecule has 3 heteroatoms. The number of hydrogen-bond donors (Lipinski definition) is 1. The summed E-state index contributed by atoms with van der Waals surface area (Å²) in [6.07, 6.45) is 6.02. The van der Waals surface area contributed by atoms with Crippen molar-refractivity contribution in [1.82, 2.24) is 0 Å². The second-order valence-corrected chi connectivity index (χ2v) is 5.89. The molecular formula is C16H22FNO. The van der Waals surface area contributed by atoms with Crippen LogP contribution in [0.15, 0.2) is 18.2 Å². The van der Waals surface area contributed by atoms with Crippen LogP contribution < -0.4 is 5.73 Å². The first-order valence-corrected chi connectivity index (χ1v) is 7.04. The first-order chi connectivity index (χ1) is 8.98. The summed E-state index contributed by atoms with van der Waals surface area (Å²) in [5, 5.41) is 0. The number of benzene rings is 1. The molecule has 0 bridgehead atoms. The lowest BCUT2D eigenvalue weighted by Crippen LogP contribution is -2.43. The smallest absolute Gasteiger partial charge is 0.139 e. The van der Waals surface area contributed by atoms with E-state index in [9.17, 15) is 9.18 Å². The monoisotopic (exact) mass is 263 g/mol. The van der Waals surface area contributed by atoms with Crippen molar-refractivity contribution in [2.75, 3.05) is 0 Å². The summed E-state index contributed by atoms with van der Waals surface area (Å²) in [6, 6.07) is 4.60. The van der Waals surface area contributed by atoms with Crippen LogP contribution in [0.4, 0.5) is 4.39 Å². The zero-order valence-corrected chi connectivity index (χ0v) is 11.5. The fourth-order valence-corrected chi connectivity index (χ4v) is 2.93. The van der Waals surface area contributed by atoms with Crippen molar-refractivity contribution in [3.05, 3.63) is 35.1 Å². The fourth-order valence-electron chi connectivity index (χ4n) is 2.93. The first kappa shape index (κ1) is 14.2. The largest absolute Gasteiger partial charge is 0.325 e. The topological polar surface area (TPSA) is 43.1 Å². The number of hydrogen-bond acceptors (Lipinski definition) is 2. The van der Waals surface area contributed by atoms with Crippen molar-refractivity contribution in [3.8, 4) is 0 Å². The lowest BCUT2D eigenvalue weighted by atomic mass is 9.78. The molecule has 2 rings (SSSR count). The van der Waals surface area contributed by atoms with Gasteiger partial charge in [-0.1, -0.05) is 25.3 Å². The Bertz CT molecular complexity index is 464. The number of aryl methyl sites for hydroxylation is 1. The summed E-state index contributed by atoms with van der Waals surface area (Å²) < 4.78 is 13.2. The number of Topliss-reactive ketones (excluding diaryl/α,β-unsaturated/α-hetero) is 1. The van der Waals surface area contributed by atoms with Crippen molar-refractivity contribution in [1.29, 1.82) is 0 Å². The van der Waals surface area contributed by atoms with Crippen LogP contribution in [0.2, 0.25) is 0 Å².